The van der Waals surface area contributed by atoms with Gasteiger partial charge in [0.15, 0.2) is 0 Å². The molecule has 0 fully saturated rings. The van der Waals surface area contributed by atoms with Gasteiger partial charge in [0.25, 0.3) is 0 Å². The Hall–Kier alpha value is -2.01. The third kappa shape index (κ3) is 3.20. The zero-order valence-electron chi connectivity index (χ0n) is 11.8. The first-order valence-corrected chi connectivity index (χ1v) is 8.40. The molecule has 0 aliphatic carbocycles. The summed E-state index contributed by atoms with van der Waals surface area (Å²) >= 11 is 3.16. The smallest absolute Gasteiger partial charge is 0.324 e. The van der Waals surface area contributed by atoms with E-state index in [0.717, 1.165) is 20.5 Å². The molecule has 3 rings (SSSR count). The van der Waals surface area contributed by atoms with Crippen LogP contribution in [0.2, 0.25) is 0 Å². The molecule has 9 heteroatoms. The van der Waals surface area contributed by atoms with Crippen molar-refractivity contribution in [2.75, 3.05) is 0 Å². The first kappa shape index (κ1) is 15.9. The van der Waals surface area contributed by atoms with Crippen LogP contribution in [0.25, 0.3) is 0 Å². The lowest BCUT2D eigenvalue weighted by molar-refractivity contribution is -0.380. The molecule has 1 aromatic carbocycles. The molecule has 0 N–H and O–H groups in total. The molecule has 1 aliphatic rings. The van der Waals surface area contributed by atoms with E-state index >= 15 is 0 Å². The van der Waals surface area contributed by atoms with Crippen molar-refractivity contribution in [1.82, 2.24) is 5.01 Å². The molecule has 1 atom stereocenters. The summed E-state index contributed by atoms with van der Waals surface area (Å²) in [5.74, 6) is 0.0178. The van der Waals surface area contributed by atoms with Gasteiger partial charge in [-0.25, -0.2) is 0 Å². The average Bonchev–Trinajstić information content (AvgIpc) is 3.14. The standard InChI is InChI=1S/C14H10IN3O4S/c1-8(19)17-14(11-6-7-12(23-11)18(20)21)22-13(16-17)9-2-4-10(15)5-3-9/h2-7,14H,1H3. The molecule has 1 unspecified atom stereocenters. The first-order chi connectivity index (χ1) is 11.0. The molecule has 7 nitrogen and oxygen atoms in total. The quantitative estimate of drug-likeness (QED) is 0.413. The van der Waals surface area contributed by atoms with Gasteiger partial charge in [-0.1, -0.05) is 11.3 Å². The number of thiophene rings is 1. The van der Waals surface area contributed by atoms with Gasteiger partial charge in [-0.05, 0) is 52.9 Å². The molecule has 1 aliphatic heterocycles. The highest BCUT2D eigenvalue weighted by Gasteiger charge is 2.35. The van der Waals surface area contributed by atoms with Crippen molar-refractivity contribution in [1.29, 1.82) is 0 Å². The van der Waals surface area contributed by atoms with Crippen LogP contribution in [0.15, 0.2) is 41.5 Å². The molecule has 1 amide bonds. The van der Waals surface area contributed by atoms with Crippen LogP contribution in [0.4, 0.5) is 5.00 Å². The minimum Gasteiger partial charge on any atom is -0.445 e. The lowest BCUT2D eigenvalue weighted by Gasteiger charge is -2.17. The minimum atomic E-state index is -0.777. The Labute approximate surface area is 148 Å². The summed E-state index contributed by atoms with van der Waals surface area (Å²) in [7, 11) is 0. The van der Waals surface area contributed by atoms with E-state index in [-0.39, 0.29) is 10.9 Å². The third-order valence-corrected chi connectivity index (χ3v) is 4.88. The molecular formula is C14H10IN3O4S. The van der Waals surface area contributed by atoms with Gasteiger partial charge in [-0.2, -0.15) is 5.01 Å². The van der Waals surface area contributed by atoms with Gasteiger partial charge in [0.2, 0.25) is 18.0 Å². The monoisotopic (exact) mass is 443 g/mol. The normalized spacial score (nSPS) is 16.9. The van der Waals surface area contributed by atoms with Crippen molar-refractivity contribution in [2.24, 2.45) is 5.10 Å². The van der Waals surface area contributed by atoms with Crippen molar-refractivity contribution in [3.05, 3.63) is 60.5 Å². The number of halogens is 1. The number of carbonyl (C=O) groups excluding carboxylic acids is 1. The maximum absolute atomic E-state index is 11.8. The van der Waals surface area contributed by atoms with Gasteiger partial charge in [-0.15, -0.1) is 5.10 Å². The summed E-state index contributed by atoms with van der Waals surface area (Å²) in [6.45, 7) is 1.37. The van der Waals surface area contributed by atoms with Crippen LogP contribution in [0, 0.1) is 13.7 Å². The summed E-state index contributed by atoms with van der Waals surface area (Å²) in [5.41, 5.74) is 0.741. The Morgan fingerprint density at radius 3 is 2.61 bits per heavy atom. The Kier molecular flexibility index (Phi) is 4.31. The molecule has 0 spiro atoms. The highest BCUT2D eigenvalue weighted by molar-refractivity contribution is 14.1. The molecular weight excluding hydrogens is 433 g/mol. The van der Waals surface area contributed by atoms with Crippen LogP contribution in [-0.4, -0.2) is 21.7 Å². The number of amides is 1. The predicted octanol–water partition coefficient (Wildman–Crippen LogP) is 3.50. The molecule has 0 bridgehead atoms. The highest BCUT2D eigenvalue weighted by Crippen LogP contribution is 2.36. The lowest BCUT2D eigenvalue weighted by Crippen LogP contribution is -2.24. The van der Waals surface area contributed by atoms with Crippen LogP contribution >= 0.6 is 33.9 Å². The number of carbonyl (C=O) groups is 1. The molecule has 0 saturated carbocycles. The highest BCUT2D eigenvalue weighted by atomic mass is 127. The van der Waals surface area contributed by atoms with E-state index in [9.17, 15) is 14.9 Å². The van der Waals surface area contributed by atoms with Gasteiger partial charge in [0.05, 0.1) is 9.80 Å². The van der Waals surface area contributed by atoms with Crippen LogP contribution in [0.1, 0.15) is 23.6 Å². The molecule has 2 aromatic rings. The second kappa shape index (κ2) is 6.24. The number of nitrogens with zero attached hydrogens (tertiary/aromatic N) is 3. The zero-order valence-corrected chi connectivity index (χ0v) is 14.8. The summed E-state index contributed by atoms with van der Waals surface area (Å²) in [5, 5.41) is 16.2. The van der Waals surface area contributed by atoms with Crippen molar-refractivity contribution in [2.45, 2.75) is 13.2 Å². The topological polar surface area (TPSA) is 85.0 Å². The second-order valence-corrected chi connectivity index (χ2v) is 7.02. The second-order valence-electron chi connectivity index (χ2n) is 4.68. The van der Waals surface area contributed by atoms with E-state index in [2.05, 4.69) is 27.7 Å². The maximum Gasteiger partial charge on any atom is 0.324 e. The fourth-order valence-corrected chi connectivity index (χ4v) is 3.23. The summed E-state index contributed by atoms with van der Waals surface area (Å²) in [6, 6.07) is 10.5. The van der Waals surface area contributed by atoms with Gasteiger partial charge >= 0.3 is 5.00 Å². The maximum atomic E-state index is 11.8. The zero-order chi connectivity index (χ0) is 16.6. The van der Waals surface area contributed by atoms with Gasteiger partial charge in [0.1, 0.15) is 0 Å². The van der Waals surface area contributed by atoms with E-state index in [1.165, 1.54) is 18.0 Å². The van der Waals surface area contributed by atoms with Crippen LogP contribution in [0.3, 0.4) is 0 Å². The van der Waals surface area contributed by atoms with E-state index in [0.29, 0.717) is 10.8 Å². The summed E-state index contributed by atoms with van der Waals surface area (Å²) < 4.78 is 6.85. The Balaban J connectivity index is 1.91. The molecule has 0 saturated heterocycles. The molecule has 2 heterocycles. The van der Waals surface area contributed by atoms with Crippen molar-refractivity contribution >= 4 is 50.7 Å². The largest absolute Gasteiger partial charge is 0.445 e. The van der Waals surface area contributed by atoms with Crippen LogP contribution in [0.5, 0.6) is 0 Å². The van der Waals surface area contributed by atoms with Crippen molar-refractivity contribution < 1.29 is 14.5 Å². The van der Waals surface area contributed by atoms with Gasteiger partial charge in [-0.3, -0.25) is 14.9 Å². The number of nitro groups is 1. The fraction of sp³-hybridized carbons (Fsp3) is 0.143. The molecule has 23 heavy (non-hydrogen) atoms. The van der Waals surface area contributed by atoms with E-state index in [1.54, 1.807) is 6.07 Å². The summed E-state index contributed by atoms with van der Waals surface area (Å²) in [4.78, 5) is 22.7. The first-order valence-electron chi connectivity index (χ1n) is 6.51. The van der Waals surface area contributed by atoms with E-state index < -0.39 is 11.2 Å². The summed E-state index contributed by atoms with van der Waals surface area (Å²) in [6.07, 6.45) is -0.777. The Bertz CT molecular complexity index is 803. The van der Waals surface area contributed by atoms with Crippen LogP contribution in [-0.2, 0) is 9.53 Å². The van der Waals surface area contributed by atoms with Gasteiger partial charge in [0, 0.05) is 22.1 Å². The SMILES string of the molecule is CC(=O)N1N=C(c2ccc(I)cc2)OC1c1ccc([N+](=O)[O-])s1. The molecule has 1 aromatic heterocycles. The Morgan fingerprint density at radius 2 is 2.04 bits per heavy atom. The Morgan fingerprint density at radius 1 is 1.35 bits per heavy atom. The molecule has 0 radical (unpaired) electrons. The van der Waals surface area contributed by atoms with Crippen molar-refractivity contribution in [3.8, 4) is 0 Å². The minimum absolute atomic E-state index is 0.00480. The number of ether oxygens (including phenoxy) is 1. The number of hydrogen-bond donors (Lipinski definition) is 0. The third-order valence-electron chi connectivity index (χ3n) is 3.09. The average molecular weight is 443 g/mol. The lowest BCUT2D eigenvalue weighted by atomic mass is 10.2. The van der Waals surface area contributed by atoms with E-state index in [4.69, 9.17) is 4.74 Å². The predicted molar refractivity (Wildman–Crippen MR) is 93.0 cm³/mol. The molecule has 118 valence electrons. The number of benzene rings is 1. The van der Waals surface area contributed by atoms with Gasteiger partial charge < -0.3 is 4.74 Å². The fourth-order valence-electron chi connectivity index (χ4n) is 2.03. The van der Waals surface area contributed by atoms with Crippen molar-refractivity contribution in [3.63, 3.8) is 0 Å². The number of hydrogen-bond acceptors (Lipinski definition) is 6. The number of rotatable bonds is 3. The number of hydrazone groups is 1. The van der Waals surface area contributed by atoms with E-state index in [1.807, 2.05) is 24.3 Å². The van der Waals surface area contributed by atoms with Crippen LogP contribution < -0.4 is 0 Å².